The first-order chi connectivity index (χ1) is 15.5. The summed E-state index contributed by atoms with van der Waals surface area (Å²) in [6.45, 7) is 8.81. The minimum Gasteiger partial charge on any atom is -0.492 e. The first-order valence-corrected chi connectivity index (χ1v) is 12.1. The molecule has 0 saturated carbocycles. The Hall–Kier alpha value is -2.28. The maximum absolute atomic E-state index is 12.5. The van der Waals surface area contributed by atoms with Crippen LogP contribution in [0.5, 0.6) is 5.75 Å². The largest absolute Gasteiger partial charge is 0.492 e. The molecule has 0 aliphatic heterocycles. The summed E-state index contributed by atoms with van der Waals surface area (Å²) >= 11 is 0. The van der Waals surface area contributed by atoms with Gasteiger partial charge in [-0.15, -0.1) is 0 Å². The number of carbonyl (C=O) groups excluding carboxylic acids is 1. The van der Waals surface area contributed by atoms with E-state index in [1.54, 1.807) is 6.92 Å². The van der Waals surface area contributed by atoms with Gasteiger partial charge in [0.2, 0.25) is 0 Å². The van der Waals surface area contributed by atoms with Crippen molar-refractivity contribution in [2.75, 3.05) is 32.8 Å². The van der Waals surface area contributed by atoms with Gasteiger partial charge in [0.25, 0.3) is 0 Å². The van der Waals surface area contributed by atoms with E-state index in [0.29, 0.717) is 38.5 Å². The summed E-state index contributed by atoms with van der Waals surface area (Å²) < 4.78 is 11.1. The molecule has 32 heavy (non-hydrogen) atoms. The van der Waals surface area contributed by atoms with Crippen LogP contribution >= 0.6 is 0 Å². The van der Waals surface area contributed by atoms with Crippen LogP contribution in [-0.2, 0) is 16.0 Å². The zero-order valence-corrected chi connectivity index (χ0v) is 20.1. The van der Waals surface area contributed by atoms with Crippen LogP contribution in [0.4, 0.5) is 4.79 Å². The molecular weight excluding hydrogens is 408 g/mol. The second-order valence-corrected chi connectivity index (χ2v) is 7.97. The predicted molar refractivity (Wildman–Crippen MR) is 127 cm³/mol. The van der Waals surface area contributed by atoms with Crippen molar-refractivity contribution < 1.29 is 24.2 Å². The van der Waals surface area contributed by atoms with Gasteiger partial charge in [-0.05, 0) is 37.5 Å². The number of nitrogens with one attached hydrogen (secondary N) is 1. The molecule has 0 aliphatic carbocycles. The van der Waals surface area contributed by atoms with Crippen LogP contribution in [0.1, 0.15) is 71.3 Å². The smallest absolute Gasteiger partial charge is 0.333 e. The first kappa shape index (κ1) is 27.8. The topological polar surface area (TPSA) is 88.1 Å². The molecule has 0 radical (unpaired) electrons. The molecule has 0 saturated heterocycles. The molecule has 1 aromatic rings. The number of hydrogen-bond donors (Lipinski definition) is 2. The Morgan fingerprint density at radius 3 is 2.28 bits per heavy atom. The number of benzene rings is 1. The van der Waals surface area contributed by atoms with Gasteiger partial charge < -0.3 is 24.8 Å². The number of carboxylic acid groups (broad SMARTS) is 1. The number of rotatable bonds is 18. The zero-order valence-electron chi connectivity index (χ0n) is 20.1. The van der Waals surface area contributed by atoms with E-state index in [1.807, 2.05) is 29.2 Å². The molecule has 7 heteroatoms. The molecule has 0 aromatic heterocycles. The van der Waals surface area contributed by atoms with Crippen molar-refractivity contribution in [2.24, 2.45) is 0 Å². The Balaban J connectivity index is 2.52. The number of ether oxygens (including phenoxy) is 2. The highest BCUT2D eigenvalue weighted by atomic mass is 16.5. The molecule has 1 atom stereocenters. The average molecular weight is 451 g/mol. The van der Waals surface area contributed by atoms with Crippen LogP contribution in [0, 0.1) is 0 Å². The van der Waals surface area contributed by atoms with Gasteiger partial charge in [0.1, 0.15) is 12.4 Å². The van der Waals surface area contributed by atoms with Crippen LogP contribution in [0.15, 0.2) is 24.3 Å². The summed E-state index contributed by atoms with van der Waals surface area (Å²) in [5.74, 6) is -0.259. The van der Waals surface area contributed by atoms with Gasteiger partial charge in [-0.1, -0.05) is 58.1 Å². The Bertz CT molecular complexity index is 636. The molecule has 1 unspecified atom stereocenters. The summed E-state index contributed by atoms with van der Waals surface area (Å²) in [5.41, 5.74) is 0.877. The van der Waals surface area contributed by atoms with Crippen LogP contribution in [0.2, 0.25) is 0 Å². The second-order valence-electron chi connectivity index (χ2n) is 7.97. The van der Waals surface area contributed by atoms with Crippen molar-refractivity contribution in [3.05, 3.63) is 29.8 Å². The van der Waals surface area contributed by atoms with Crippen molar-refractivity contribution in [1.29, 1.82) is 0 Å². The number of carbonyl (C=O) groups is 2. The molecule has 0 aliphatic rings. The van der Waals surface area contributed by atoms with E-state index in [4.69, 9.17) is 9.47 Å². The van der Waals surface area contributed by atoms with Crippen molar-refractivity contribution in [3.63, 3.8) is 0 Å². The second kappa shape index (κ2) is 17.3. The maximum atomic E-state index is 12.5. The number of carboxylic acids is 1. The maximum Gasteiger partial charge on any atom is 0.333 e. The Labute approximate surface area is 193 Å². The van der Waals surface area contributed by atoms with Crippen molar-refractivity contribution in [3.8, 4) is 5.75 Å². The number of hydrogen-bond acceptors (Lipinski definition) is 4. The van der Waals surface area contributed by atoms with Crippen molar-refractivity contribution in [2.45, 2.75) is 78.2 Å². The lowest BCUT2D eigenvalue weighted by molar-refractivity contribution is -0.149. The SMILES string of the molecule is CCCCCCCN(CCOc1ccc(CC(OCC)C(=O)O)cc1)C(=O)NCCCC. The molecule has 0 spiro atoms. The number of nitrogens with zero attached hydrogens (tertiary/aromatic N) is 1. The standard InChI is InChI=1S/C25H42N2O5/c1-4-7-9-10-11-17-27(25(30)26-16-8-5-2)18-19-32-22-14-12-21(13-15-22)20-23(24(28)29)31-6-3/h12-15,23H,4-11,16-20H2,1-3H3,(H,26,30)(H,28,29). The summed E-state index contributed by atoms with van der Waals surface area (Å²) in [6.07, 6.45) is 7.27. The van der Waals surface area contributed by atoms with Gasteiger partial charge in [-0.2, -0.15) is 0 Å². The third-order valence-corrected chi connectivity index (χ3v) is 5.24. The fourth-order valence-electron chi connectivity index (χ4n) is 3.33. The van der Waals surface area contributed by atoms with Gasteiger partial charge in [-0.3, -0.25) is 0 Å². The normalized spacial score (nSPS) is 11.7. The summed E-state index contributed by atoms with van der Waals surface area (Å²) in [7, 11) is 0. The third kappa shape index (κ3) is 11.9. The van der Waals surface area contributed by atoms with E-state index >= 15 is 0 Å². The number of aliphatic carboxylic acids is 1. The van der Waals surface area contributed by atoms with E-state index < -0.39 is 12.1 Å². The van der Waals surface area contributed by atoms with Gasteiger partial charge in [0.05, 0.1) is 6.54 Å². The van der Waals surface area contributed by atoms with E-state index in [0.717, 1.165) is 37.8 Å². The van der Waals surface area contributed by atoms with Crippen LogP contribution < -0.4 is 10.1 Å². The first-order valence-electron chi connectivity index (χ1n) is 12.1. The fraction of sp³-hybridized carbons (Fsp3) is 0.680. The third-order valence-electron chi connectivity index (χ3n) is 5.24. The lowest BCUT2D eigenvalue weighted by atomic mass is 10.1. The van der Waals surface area contributed by atoms with E-state index in [9.17, 15) is 14.7 Å². The highest BCUT2D eigenvalue weighted by molar-refractivity contribution is 5.74. The lowest BCUT2D eigenvalue weighted by Gasteiger charge is -2.23. The van der Waals surface area contributed by atoms with E-state index in [-0.39, 0.29) is 6.03 Å². The van der Waals surface area contributed by atoms with Gasteiger partial charge in [-0.25, -0.2) is 9.59 Å². The van der Waals surface area contributed by atoms with Crippen LogP contribution in [-0.4, -0.2) is 61.0 Å². The molecule has 2 amide bonds. The monoisotopic (exact) mass is 450 g/mol. The summed E-state index contributed by atoms with van der Waals surface area (Å²) in [6, 6.07) is 7.34. The predicted octanol–water partition coefficient (Wildman–Crippen LogP) is 4.88. The molecule has 182 valence electrons. The molecule has 1 aromatic carbocycles. The molecule has 0 heterocycles. The lowest BCUT2D eigenvalue weighted by Crippen LogP contribution is -2.42. The van der Waals surface area contributed by atoms with Gasteiger partial charge in [0.15, 0.2) is 6.10 Å². The number of urea groups is 1. The Kier molecular flexibility index (Phi) is 15.0. The van der Waals surface area contributed by atoms with Crippen LogP contribution in [0.25, 0.3) is 0 Å². The quantitative estimate of drug-likeness (QED) is 0.311. The summed E-state index contributed by atoms with van der Waals surface area (Å²) in [5, 5.41) is 12.2. The molecule has 7 nitrogen and oxygen atoms in total. The highest BCUT2D eigenvalue weighted by Gasteiger charge is 2.18. The van der Waals surface area contributed by atoms with Crippen LogP contribution in [0.3, 0.4) is 0 Å². The Morgan fingerprint density at radius 1 is 0.969 bits per heavy atom. The van der Waals surface area contributed by atoms with E-state index in [1.165, 1.54) is 19.3 Å². The Morgan fingerprint density at radius 2 is 1.66 bits per heavy atom. The number of unbranched alkanes of at least 4 members (excludes halogenated alkanes) is 5. The molecular formula is C25H42N2O5. The molecule has 0 fully saturated rings. The minimum absolute atomic E-state index is 0.0245. The van der Waals surface area contributed by atoms with E-state index in [2.05, 4.69) is 19.2 Å². The van der Waals surface area contributed by atoms with Crippen molar-refractivity contribution in [1.82, 2.24) is 10.2 Å². The molecule has 0 bridgehead atoms. The van der Waals surface area contributed by atoms with Gasteiger partial charge >= 0.3 is 12.0 Å². The fourth-order valence-corrected chi connectivity index (χ4v) is 3.33. The van der Waals surface area contributed by atoms with Crippen molar-refractivity contribution >= 4 is 12.0 Å². The van der Waals surface area contributed by atoms with Gasteiger partial charge in [0, 0.05) is 26.1 Å². The highest BCUT2D eigenvalue weighted by Crippen LogP contribution is 2.15. The zero-order chi connectivity index (χ0) is 23.6. The average Bonchev–Trinajstić information content (AvgIpc) is 2.78. The molecule has 1 rings (SSSR count). The molecule has 2 N–H and O–H groups in total. The minimum atomic E-state index is -0.959. The number of amides is 2. The summed E-state index contributed by atoms with van der Waals surface area (Å²) in [4.78, 5) is 25.6.